The lowest BCUT2D eigenvalue weighted by Gasteiger charge is -2.65. The van der Waals surface area contributed by atoms with Crippen LogP contribution in [0.4, 0.5) is 5.82 Å². The number of aromatic nitrogens is 1. The number of carbonyl (C=O) groups is 5. The Morgan fingerprint density at radius 2 is 1.66 bits per heavy atom. The van der Waals surface area contributed by atoms with Gasteiger partial charge in [-0.1, -0.05) is 39.3 Å². The highest BCUT2D eigenvalue weighted by atomic mass is 35.5. The zero-order valence-electron chi connectivity index (χ0n) is 29.8. The lowest BCUT2D eigenvalue weighted by atomic mass is 9.48. The molecular formula is C39H39ClN6O7. The molecule has 274 valence electrons. The number of rotatable bonds is 10. The van der Waals surface area contributed by atoms with Gasteiger partial charge in [0.15, 0.2) is 0 Å². The maximum Gasteiger partial charge on any atom is 0.262 e. The molecule has 2 N–H and O–H groups in total. The van der Waals surface area contributed by atoms with Crippen LogP contribution in [0.15, 0.2) is 54.7 Å². The number of piperidine rings is 1. The van der Waals surface area contributed by atoms with Crippen LogP contribution in [0.1, 0.15) is 83.6 Å². The van der Waals surface area contributed by atoms with Gasteiger partial charge in [0.2, 0.25) is 11.8 Å². The van der Waals surface area contributed by atoms with Gasteiger partial charge < -0.3 is 20.1 Å². The van der Waals surface area contributed by atoms with Crippen molar-refractivity contribution in [2.24, 2.45) is 22.5 Å². The Morgan fingerprint density at radius 3 is 2.30 bits per heavy atom. The smallest absolute Gasteiger partial charge is 0.262 e. The van der Waals surface area contributed by atoms with Gasteiger partial charge in [0, 0.05) is 42.6 Å². The van der Waals surface area contributed by atoms with E-state index in [2.05, 4.69) is 9.88 Å². The number of nitriles is 1. The summed E-state index contributed by atoms with van der Waals surface area (Å²) < 4.78 is 12.3. The van der Waals surface area contributed by atoms with Crippen molar-refractivity contribution in [2.45, 2.75) is 65.1 Å². The summed E-state index contributed by atoms with van der Waals surface area (Å²) in [6, 6.07) is 13.2. The third kappa shape index (κ3) is 6.04. The van der Waals surface area contributed by atoms with Crippen molar-refractivity contribution in [3.63, 3.8) is 0 Å². The summed E-state index contributed by atoms with van der Waals surface area (Å²) in [5.74, 6) is -0.628. The first-order valence-corrected chi connectivity index (χ1v) is 17.9. The second-order valence-electron chi connectivity index (χ2n) is 15.3. The number of imide groups is 2. The Balaban J connectivity index is 0.989. The second kappa shape index (κ2) is 13.2. The molecule has 4 heterocycles. The van der Waals surface area contributed by atoms with Crippen molar-refractivity contribution in [2.75, 3.05) is 24.6 Å². The molecule has 1 aliphatic carbocycles. The number of likely N-dealkylation sites (tertiary alicyclic amines) is 1. The van der Waals surface area contributed by atoms with Crippen LogP contribution < -0.4 is 20.1 Å². The molecule has 2 saturated heterocycles. The zero-order chi connectivity index (χ0) is 38.0. The van der Waals surface area contributed by atoms with Gasteiger partial charge in [0.1, 0.15) is 35.5 Å². The Kier molecular flexibility index (Phi) is 8.93. The first kappa shape index (κ1) is 35.9. The van der Waals surface area contributed by atoms with E-state index in [4.69, 9.17) is 26.8 Å². The highest BCUT2D eigenvalue weighted by Gasteiger charge is 2.68. The van der Waals surface area contributed by atoms with Crippen molar-refractivity contribution >= 4 is 47.0 Å². The lowest BCUT2D eigenvalue weighted by molar-refractivity contribution is -0.216. The average molecular weight is 739 g/mol. The molecule has 1 saturated carbocycles. The minimum atomic E-state index is -1.14. The number of hydrogen-bond acceptors (Lipinski definition) is 10. The van der Waals surface area contributed by atoms with Crippen LogP contribution in [0.25, 0.3) is 0 Å². The van der Waals surface area contributed by atoms with Crippen LogP contribution in [0.3, 0.4) is 0 Å². The lowest BCUT2D eigenvalue weighted by Crippen LogP contribution is -2.77. The molecule has 3 aliphatic heterocycles. The Labute approximate surface area is 311 Å². The van der Waals surface area contributed by atoms with Crippen LogP contribution in [0.2, 0.25) is 5.02 Å². The van der Waals surface area contributed by atoms with E-state index in [1.165, 1.54) is 11.1 Å². The Hall–Kier alpha value is -5.48. The summed E-state index contributed by atoms with van der Waals surface area (Å²) in [5, 5.41) is 9.50. The van der Waals surface area contributed by atoms with E-state index in [-0.39, 0.29) is 34.9 Å². The van der Waals surface area contributed by atoms with Gasteiger partial charge >= 0.3 is 0 Å². The maximum absolute atomic E-state index is 14.2. The standard InChI is InChI=1S/C39H39ClN6O7/c1-38(2)36(39(3,4)37(38)53-25-7-5-22(17-41)28(40)16-25)46-31(47)12-10-29(35(46)51)45-33(49)26-9-8-24(15-27(26)34(45)50)52-14-13-21-19-44(20-21)30-11-6-23(18-43-30)32(42)48/h5-9,11,15-16,18,21,29,36-37H,10,12-14,19-20H2,1-4H3,(H2,42,48). The first-order valence-electron chi connectivity index (χ1n) is 17.5. The van der Waals surface area contributed by atoms with Crippen molar-refractivity contribution in [3.8, 4) is 17.6 Å². The van der Waals surface area contributed by atoms with Crippen molar-refractivity contribution in [3.05, 3.63) is 82.0 Å². The fourth-order valence-electron chi connectivity index (χ4n) is 8.78. The van der Waals surface area contributed by atoms with Gasteiger partial charge in [0.05, 0.1) is 39.9 Å². The third-order valence-corrected chi connectivity index (χ3v) is 11.4. The molecule has 0 bridgehead atoms. The predicted molar refractivity (Wildman–Crippen MR) is 192 cm³/mol. The number of carbonyl (C=O) groups excluding carboxylic acids is 5. The largest absolute Gasteiger partial charge is 0.494 e. The summed E-state index contributed by atoms with van der Waals surface area (Å²) in [6.45, 7) is 9.61. The molecular weight excluding hydrogens is 700 g/mol. The topological polar surface area (TPSA) is 176 Å². The number of pyridine rings is 1. The molecule has 5 amide bonds. The summed E-state index contributed by atoms with van der Waals surface area (Å²) in [4.78, 5) is 75.1. The molecule has 1 atom stereocenters. The Morgan fingerprint density at radius 1 is 0.962 bits per heavy atom. The number of nitrogens with zero attached hydrogens (tertiary/aromatic N) is 5. The zero-order valence-corrected chi connectivity index (χ0v) is 30.6. The number of hydrogen-bond donors (Lipinski definition) is 1. The van der Waals surface area contributed by atoms with Gasteiger partial charge in [-0.3, -0.25) is 33.8 Å². The van der Waals surface area contributed by atoms with Gasteiger partial charge in [-0.15, -0.1) is 0 Å². The van der Waals surface area contributed by atoms with E-state index < -0.39 is 52.6 Å². The molecule has 3 fully saturated rings. The number of primary amides is 1. The number of nitrogens with two attached hydrogens (primary N) is 1. The van der Waals surface area contributed by atoms with E-state index >= 15 is 0 Å². The molecule has 0 spiro atoms. The molecule has 2 aromatic carbocycles. The predicted octanol–water partition coefficient (Wildman–Crippen LogP) is 4.61. The van der Waals surface area contributed by atoms with E-state index in [9.17, 15) is 29.2 Å². The minimum Gasteiger partial charge on any atom is -0.494 e. The molecule has 3 aromatic rings. The molecule has 53 heavy (non-hydrogen) atoms. The fraction of sp³-hybridized carbons (Fsp3) is 0.410. The van der Waals surface area contributed by atoms with Gasteiger partial charge in [-0.05, 0) is 61.2 Å². The van der Waals surface area contributed by atoms with E-state index in [0.717, 1.165) is 30.2 Å². The SMILES string of the molecule is CC1(C)C(Oc2ccc(C#N)c(Cl)c2)C(C)(C)C1N1C(=O)CCC(N2C(=O)c3ccc(OCCC4CN(c5ccc(C(N)=O)cn5)C4)cc3C2=O)C1=O. The normalized spacial score (nSPS) is 23.2. The maximum atomic E-state index is 14.2. The summed E-state index contributed by atoms with van der Waals surface area (Å²) >= 11 is 6.24. The highest BCUT2D eigenvalue weighted by Crippen LogP contribution is 2.58. The molecule has 1 unspecified atom stereocenters. The summed E-state index contributed by atoms with van der Waals surface area (Å²) in [7, 11) is 0. The van der Waals surface area contributed by atoms with Crippen LogP contribution in [-0.2, 0) is 9.59 Å². The summed E-state index contributed by atoms with van der Waals surface area (Å²) in [5.41, 5.74) is 4.88. The second-order valence-corrected chi connectivity index (χ2v) is 15.7. The molecule has 13 nitrogen and oxygen atoms in total. The van der Waals surface area contributed by atoms with Gasteiger partial charge in [0.25, 0.3) is 17.7 Å². The summed E-state index contributed by atoms with van der Waals surface area (Å²) in [6.07, 6.45) is 1.81. The van der Waals surface area contributed by atoms with E-state index in [0.29, 0.717) is 35.2 Å². The number of fused-ring (bicyclic) bond motifs is 1. The third-order valence-electron chi connectivity index (χ3n) is 11.1. The van der Waals surface area contributed by atoms with Crippen molar-refractivity contribution in [1.82, 2.24) is 14.8 Å². The minimum absolute atomic E-state index is 0.00900. The Bertz CT molecular complexity index is 2070. The van der Waals surface area contributed by atoms with E-state index in [1.54, 1.807) is 48.5 Å². The number of anilines is 1. The van der Waals surface area contributed by atoms with Gasteiger partial charge in [-0.25, -0.2) is 4.98 Å². The quantitative estimate of drug-likeness (QED) is 0.289. The van der Waals surface area contributed by atoms with E-state index in [1.807, 2.05) is 33.8 Å². The van der Waals surface area contributed by atoms with Crippen molar-refractivity contribution in [1.29, 1.82) is 5.26 Å². The molecule has 1 aromatic heterocycles. The highest BCUT2D eigenvalue weighted by molar-refractivity contribution is 6.31. The van der Waals surface area contributed by atoms with Crippen LogP contribution >= 0.6 is 11.6 Å². The van der Waals surface area contributed by atoms with Crippen LogP contribution in [0, 0.1) is 28.1 Å². The van der Waals surface area contributed by atoms with Crippen LogP contribution in [0.5, 0.6) is 11.5 Å². The van der Waals surface area contributed by atoms with Crippen molar-refractivity contribution < 1.29 is 33.4 Å². The molecule has 0 radical (unpaired) electrons. The van der Waals surface area contributed by atoms with Gasteiger partial charge in [-0.2, -0.15) is 5.26 Å². The number of ether oxygens (including phenoxy) is 2. The number of halogens is 1. The molecule has 4 aliphatic rings. The number of amides is 5. The monoisotopic (exact) mass is 738 g/mol. The fourth-order valence-corrected chi connectivity index (χ4v) is 9.00. The van der Waals surface area contributed by atoms with Crippen LogP contribution in [-0.4, -0.2) is 82.2 Å². The number of benzene rings is 2. The molecule has 14 heteroatoms. The average Bonchev–Trinajstić information content (AvgIpc) is 3.34. The first-order chi connectivity index (χ1) is 25.1. The molecule has 7 rings (SSSR count).